The largest absolute Gasteiger partial charge is 0.495 e. The van der Waals surface area contributed by atoms with E-state index in [0.29, 0.717) is 0 Å². The van der Waals surface area contributed by atoms with E-state index in [1.165, 1.54) is 44.6 Å². The second kappa shape index (κ2) is 8.11. The lowest BCUT2D eigenvalue weighted by Gasteiger charge is -2.11. The molecule has 3 aromatic carbocycles. The fourth-order valence-corrected chi connectivity index (χ4v) is 4.49. The number of fused-ring (bicyclic) bond motifs is 1. The second-order valence-corrected chi connectivity index (χ2v) is 8.93. The summed E-state index contributed by atoms with van der Waals surface area (Å²) in [6.45, 7) is 0. The Kier molecular flexibility index (Phi) is 5.87. The summed E-state index contributed by atoms with van der Waals surface area (Å²) in [5, 5.41) is 7.57. The molecule has 0 saturated heterocycles. The summed E-state index contributed by atoms with van der Waals surface area (Å²) in [4.78, 5) is -1.20. The fraction of sp³-hybridized carbons (Fsp3) is 0.111. The van der Waals surface area contributed by atoms with Gasteiger partial charge in [-0.3, -0.25) is 9.11 Å². The highest BCUT2D eigenvalue weighted by molar-refractivity contribution is 7.86. The molecule has 0 amide bonds. The highest BCUT2D eigenvalue weighted by Crippen LogP contribution is 2.39. The van der Waals surface area contributed by atoms with Gasteiger partial charge in [0.2, 0.25) is 0 Å². The maximum Gasteiger partial charge on any atom is 0.297 e. The predicted octanol–water partition coefficient (Wildman–Crippen LogP) is 3.35. The minimum Gasteiger partial charge on any atom is -0.495 e. The molecule has 0 heterocycles. The van der Waals surface area contributed by atoms with Gasteiger partial charge in [0.15, 0.2) is 0 Å². The van der Waals surface area contributed by atoms with Crippen LogP contribution < -0.4 is 15.2 Å². The minimum atomic E-state index is -4.87. The Hall–Kier alpha value is -3.26. The maximum absolute atomic E-state index is 12.1. The number of nitrogen functional groups attached to an aromatic ring is 1. The Morgan fingerprint density at radius 3 is 2.03 bits per heavy atom. The molecule has 11 nitrogen and oxygen atoms in total. The summed E-state index contributed by atoms with van der Waals surface area (Å²) in [5.74, 6) is 0.506. The van der Waals surface area contributed by atoms with Gasteiger partial charge in [0.25, 0.3) is 20.2 Å². The third-order valence-electron chi connectivity index (χ3n) is 4.28. The van der Waals surface area contributed by atoms with Gasteiger partial charge in [-0.05, 0) is 12.1 Å². The van der Waals surface area contributed by atoms with E-state index in [1.54, 1.807) is 0 Å². The zero-order valence-corrected chi connectivity index (χ0v) is 17.8. The van der Waals surface area contributed by atoms with E-state index in [1.807, 2.05) is 0 Å². The first-order chi connectivity index (χ1) is 14.5. The zero-order valence-electron chi connectivity index (χ0n) is 16.2. The number of methoxy groups -OCH3 is 2. The molecule has 0 atom stereocenters. The lowest BCUT2D eigenvalue weighted by Crippen LogP contribution is -2.03. The number of hydrogen-bond acceptors (Lipinski definition) is 9. The molecule has 3 aromatic rings. The van der Waals surface area contributed by atoms with Gasteiger partial charge in [-0.15, -0.1) is 10.2 Å². The van der Waals surface area contributed by atoms with Crippen LogP contribution in [0.2, 0.25) is 0 Å². The number of anilines is 1. The standard InChI is InChI=1S/C18H17N3O8S2/c1-28-15-9-14(16(29-2)8-12(15)19)21-20-13-7-6-10-11(18(13)31(25,26)27)4-3-5-17(10)30(22,23)24/h3-9H,19H2,1-2H3,(H,22,23,24)(H,25,26,27). The number of rotatable bonds is 6. The van der Waals surface area contributed by atoms with Crippen molar-refractivity contribution in [2.24, 2.45) is 10.2 Å². The molecule has 4 N–H and O–H groups in total. The molecule has 0 unspecified atom stereocenters. The highest BCUT2D eigenvalue weighted by atomic mass is 32.2. The second-order valence-electron chi connectivity index (χ2n) is 6.18. The molecule has 0 aliphatic rings. The van der Waals surface area contributed by atoms with Gasteiger partial charge >= 0.3 is 0 Å². The SMILES string of the molecule is COc1cc(N=Nc2ccc3c(S(=O)(=O)O)cccc3c2S(=O)(=O)O)c(OC)cc1N. The lowest BCUT2D eigenvalue weighted by atomic mass is 10.1. The molecule has 0 radical (unpaired) electrons. The number of nitrogens with two attached hydrogens (primary N) is 1. The van der Waals surface area contributed by atoms with E-state index in [4.69, 9.17) is 15.2 Å². The van der Waals surface area contributed by atoms with Gasteiger partial charge in [0.05, 0.1) is 19.9 Å². The van der Waals surface area contributed by atoms with Gasteiger partial charge < -0.3 is 15.2 Å². The molecule has 0 bridgehead atoms. The van der Waals surface area contributed by atoms with Crippen molar-refractivity contribution in [3.8, 4) is 11.5 Å². The van der Waals surface area contributed by atoms with Crippen LogP contribution in [0.5, 0.6) is 11.5 Å². The first-order valence-electron chi connectivity index (χ1n) is 8.41. The molecule has 0 aromatic heterocycles. The number of benzene rings is 3. The van der Waals surface area contributed by atoms with E-state index in [0.717, 1.165) is 12.1 Å². The van der Waals surface area contributed by atoms with Crippen molar-refractivity contribution in [1.29, 1.82) is 0 Å². The Morgan fingerprint density at radius 1 is 0.806 bits per heavy atom. The summed E-state index contributed by atoms with van der Waals surface area (Å²) in [6, 6.07) is 8.82. The molecule has 0 saturated carbocycles. The molecular formula is C18H17N3O8S2. The van der Waals surface area contributed by atoms with Gasteiger partial charge in [-0.1, -0.05) is 18.2 Å². The van der Waals surface area contributed by atoms with Crippen LogP contribution >= 0.6 is 0 Å². The molecule has 31 heavy (non-hydrogen) atoms. The Labute approximate surface area is 177 Å². The van der Waals surface area contributed by atoms with E-state index < -0.39 is 30.0 Å². The quantitative estimate of drug-likeness (QED) is 0.278. The number of nitrogens with zero attached hydrogens (tertiary/aromatic N) is 2. The van der Waals surface area contributed by atoms with Crippen LogP contribution in [0.25, 0.3) is 10.8 Å². The van der Waals surface area contributed by atoms with Crippen LogP contribution in [0.3, 0.4) is 0 Å². The van der Waals surface area contributed by atoms with Crippen molar-refractivity contribution in [2.45, 2.75) is 9.79 Å². The third kappa shape index (κ3) is 4.44. The molecule has 0 aliphatic carbocycles. The van der Waals surface area contributed by atoms with E-state index in [-0.39, 0.29) is 39.3 Å². The summed E-state index contributed by atoms with van der Waals surface area (Å²) in [5.41, 5.74) is 5.97. The minimum absolute atomic E-state index is 0.122. The topological polar surface area (TPSA) is 178 Å². The highest BCUT2D eigenvalue weighted by Gasteiger charge is 2.23. The summed E-state index contributed by atoms with van der Waals surface area (Å²) in [6.07, 6.45) is 0. The van der Waals surface area contributed by atoms with E-state index in [2.05, 4.69) is 10.2 Å². The van der Waals surface area contributed by atoms with Gasteiger partial charge in [0, 0.05) is 22.9 Å². The monoisotopic (exact) mass is 467 g/mol. The summed E-state index contributed by atoms with van der Waals surface area (Å²) >= 11 is 0. The average molecular weight is 467 g/mol. The lowest BCUT2D eigenvalue weighted by molar-refractivity contribution is 0.406. The molecule has 0 spiro atoms. The summed E-state index contributed by atoms with van der Waals surface area (Å²) < 4.78 is 76.9. The average Bonchev–Trinajstić information content (AvgIpc) is 2.69. The summed E-state index contributed by atoms with van der Waals surface area (Å²) in [7, 11) is -6.76. The van der Waals surface area contributed by atoms with Crippen LogP contribution in [0, 0.1) is 0 Å². The zero-order chi connectivity index (χ0) is 23.0. The Morgan fingerprint density at radius 2 is 1.45 bits per heavy atom. The molecule has 0 fully saturated rings. The van der Waals surface area contributed by atoms with Gasteiger partial charge in [-0.25, -0.2) is 0 Å². The van der Waals surface area contributed by atoms with Gasteiger partial charge in [-0.2, -0.15) is 16.8 Å². The van der Waals surface area contributed by atoms with Crippen LogP contribution in [0.4, 0.5) is 17.1 Å². The van der Waals surface area contributed by atoms with Crippen molar-refractivity contribution in [3.05, 3.63) is 42.5 Å². The van der Waals surface area contributed by atoms with Crippen molar-refractivity contribution in [1.82, 2.24) is 0 Å². The number of ether oxygens (including phenoxy) is 2. The Bertz CT molecular complexity index is 1420. The molecule has 164 valence electrons. The third-order valence-corrected chi connectivity index (χ3v) is 6.14. The predicted molar refractivity (Wildman–Crippen MR) is 112 cm³/mol. The first kappa shape index (κ1) is 22.4. The van der Waals surface area contributed by atoms with Gasteiger partial charge in [0.1, 0.15) is 32.7 Å². The normalized spacial score (nSPS) is 12.4. The maximum atomic E-state index is 12.1. The van der Waals surface area contributed by atoms with Crippen molar-refractivity contribution in [2.75, 3.05) is 20.0 Å². The number of hydrogen-bond donors (Lipinski definition) is 3. The molecule has 0 aliphatic heterocycles. The van der Waals surface area contributed by atoms with Crippen LogP contribution in [-0.4, -0.2) is 40.2 Å². The smallest absolute Gasteiger partial charge is 0.297 e. The van der Waals surface area contributed by atoms with E-state index in [9.17, 15) is 25.9 Å². The molecular weight excluding hydrogens is 450 g/mol. The van der Waals surface area contributed by atoms with Crippen LogP contribution in [-0.2, 0) is 20.2 Å². The van der Waals surface area contributed by atoms with Crippen molar-refractivity contribution >= 4 is 48.1 Å². The van der Waals surface area contributed by atoms with Crippen molar-refractivity contribution in [3.63, 3.8) is 0 Å². The van der Waals surface area contributed by atoms with Crippen LogP contribution in [0.1, 0.15) is 0 Å². The van der Waals surface area contributed by atoms with Crippen molar-refractivity contribution < 1.29 is 35.4 Å². The molecule has 13 heteroatoms. The Balaban J connectivity index is 2.27. The molecule has 3 rings (SSSR count). The van der Waals surface area contributed by atoms with E-state index >= 15 is 0 Å². The number of azo groups is 1. The fourth-order valence-electron chi connectivity index (χ4n) is 2.96. The van der Waals surface area contributed by atoms with Crippen LogP contribution in [0.15, 0.2) is 62.5 Å². The first-order valence-corrected chi connectivity index (χ1v) is 11.3.